The van der Waals surface area contributed by atoms with Crippen LogP contribution in [0.1, 0.15) is 23.3 Å². The Morgan fingerprint density at radius 1 is 0.711 bits per heavy atom. The van der Waals surface area contributed by atoms with Crippen molar-refractivity contribution in [1.29, 1.82) is 0 Å². The van der Waals surface area contributed by atoms with Crippen LogP contribution >= 0.6 is 0 Å². The summed E-state index contributed by atoms with van der Waals surface area (Å²) in [6, 6.07) is 11.1. The lowest BCUT2D eigenvalue weighted by atomic mass is 9.85. The average Bonchev–Trinajstić information content (AvgIpc) is 3.55. The van der Waals surface area contributed by atoms with E-state index >= 15 is 0 Å². The molecule has 0 amide bonds. The smallest absolute Gasteiger partial charge is 0.229 e. The number of fused-ring (bicyclic) bond motifs is 1. The Morgan fingerprint density at radius 2 is 1.24 bits per heavy atom. The van der Waals surface area contributed by atoms with Crippen LogP contribution in [-0.2, 0) is 14.2 Å². The Balaban J connectivity index is 1.31. The van der Waals surface area contributed by atoms with E-state index in [0.717, 1.165) is 11.1 Å². The molecular weight excluding hydrogens is 500 g/mol. The minimum Gasteiger partial charge on any atom is -0.493 e. The number of benzene rings is 2. The third-order valence-corrected chi connectivity index (χ3v) is 7.61. The Bertz CT molecular complexity index is 1110. The van der Waals surface area contributed by atoms with Gasteiger partial charge >= 0.3 is 0 Å². The molecule has 0 radical (unpaired) electrons. The van der Waals surface area contributed by atoms with Crippen molar-refractivity contribution < 1.29 is 53.6 Å². The Hall–Kier alpha value is -2.64. The molecule has 3 aliphatic rings. The van der Waals surface area contributed by atoms with E-state index in [2.05, 4.69) is 0 Å². The van der Waals surface area contributed by atoms with Crippen LogP contribution in [-0.4, -0.2) is 92.3 Å². The third-order valence-electron chi connectivity index (χ3n) is 7.61. The molecule has 0 aromatic heterocycles. The van der Waals surface area contributed by atoms with Crippen molar-refractivity contribution in [3.05, 3.63) is 47.5 Å². The van der Waals surface area contributed by atoms with E-state index in [9.17, 15) is 20.4 Å². The van der Waals surface area contributed by atoms with Crippen LogP contribution < -0.4 is 18.9 Å². The minimum atomic E-state index is -1.54. The van der Waals surface area contributed by atoms with Gasteiger partial charge in [0, 0.05) is 11.8 Å². The Kier molecular flexibility index (Phi) is 7.96. The second kappa shape index (κ2) is 11.2. The van der Waals surface area contributed by atoms with E-state index in [1.54, 1.807) is 26.4 Å². The van der Waals surface area contributed by atoms with Crippen LogP contribution in [0.2, 0.25) is 0 Å². The van der Waals surface area contributed by atoms with E-state index in [4.69, 9.17) is 33.2 Å². The van der Waals surface area contributed by atoms with E-state index in [1.165, 1.54) is 7.11 Å². The van der Waals surface area contributed by atoms with Crippen LogP contribution in [0, 0.1) is 11.8 Å². The first-order valence-corrected chi connectivity index (χ1v) is 12.5. The minimum absolute atomic E-state index is 0.120. The standard InChI is InChI=1S/C27H34O11/c1-32-17-6-4-13(8-19(17)33-2)25-15-11-36-26(16(15)12-35-25)14-5-7-18(20(9-14)34-3)37-27-24(31)23(30)22(29)21(10-28)38-27/h4-9,15-16,21-31H,10-12H2,1-3H3/t15-,16-,21+,22+,23-,24+,25?,26+,27+/m0/s1. The second-order valence-electron chi connectivity index (χ2n) is 9.68. The number of hydrogen-bond donors (Lipinski definition) is 4. The van der Waals surface area contributed by atoms with Crippen molar-refractivity contribution in [2.75, 3.05) is 41.2 Å². The molecule has 9 atom stereocenters. The van der Waals surface area contributed by atoms with E-state index in [1.807, 2.05) is 24.3 Å². The van der Waals surface area contributed by atoms with Gasteiger partial charge in [-0.1, -0.05) is 12.1 Å². The van der Waals surface area contributed by atoms with Gasteiger partial charge in [0.05, 0.1) is 53.4 Å². The zero-order valence-corrected chi connectivity index (χ0v) is 21.4. The number of methoxy groups -OCH3 is 3. The van der Waals surface area contributed by atoms with Gasteiger partial charge in [0.25, 0.3) is 0 Å². The molecule has 0 bridgehead atoms. The van der Waals surface area contributed by atoms with Gasteiger partial charge in [-0.3, -0.25) is 0 Å². The maximum Gasteiger partial charge on any atom is 0.229 e. The topological polar surface area (TPSA) is 146 Å². The van der Waals surface area contributed by atoms with Crippen molar-refractivity contribution in [2.45, 2.75) is 42.9 Å². The van der Waals surface area contributed by atoms with Gasteiger partial charge in [-0.15, -0.1) is 0 Å². The summed E-state index contributed by atoms with van der Waals surface area (Å²) in [5.41, 5.74) is 1.88. The van der Waals surface area contributed by atoms with Gasteiger partial charge < -0.3 is 53.6 Å². The Morgan fingerprint density at radius 3 is 1.76 bits per heavy atom. The zero-order valence-electron chi connectivity index (χ0n) is 21.4. The van der Waals surface area contributed by atoms with Crippen LogP contribution in [0.3, 0.4) is 0 Å². The molecule has 0 saturated carbocycles. The highest BCUT2D eigenvalue weighted by molar-refractivity contribution is 5.45. The lowest BCUT2D eigenvalue weighted by molar-refractivity contribution is -0.277. The average molecular weight is 535 g/mol. The third kappa shape index (κ3) is 4.79. The first-order chi connectivity index (χ1) is 18.4. The summed E-state index contributed by atoms with van der Waals surface area (Å²) in [7, 11) is 4.69. The molecule has 11 nitrogen and oxygen atoms in total. The van der Waals surface area contributed by atoms with Gasteiger partial charge in [0.15, 0.2) is 23.0 Å². The summed E-state index contributed by atoms with van der Waals surface area (Å²) < 4.78 is 40.1. The molecule has 1 unspecified atom stereocenters. The number of aliphatic hydroxyl groups is 4. The van der Waals surface area contributed by atoms with Gasteiger partial charge in [0.1, 0.15) is 24.4 Å². The summed E-state index contributed by atoms with van der Waals surface area (Å²) >= 11 is 0. The summed E-state index contributed by atoms with van der Waals surface area (Å²) in [5, 5.41) is 39.8. The first kappa shape index (κ1) is 26.9. The highest BCUT2D eigenvalue weighted by atomic mass is 16.7. The molecule has 38 heavy (non-hydrogen) atoms. The number of rotatable bonds is 8. The Labute approximate surface area is 220 Å². The predicted octanol–water partition coefficient (Wildman–Crippen LogP) is 0.966. The van der Waals surface area contributed by atoms with Gasteiger partial charge in [-0.05, 0) is 35.4 Å². The van der Waals surface area contributed by atoms with Gasteiger partial charge in [-0.25, -0.2) is 0 Å². The van der Waals surface area contributed by atoms with Crippen molar-refractivity contribution in [3.63, 3.8) is 0 Å². The molecule has 0 spiro atoms. The van der Waals surface area contributed by atoms with Gasteiger partial charge in [0.2, 0.25) is 6.29 Å². The van der Waals surface area contributed by atoms with Crippen molar-refractivity contribution in [1.82, 2.24) is 0 Å². The number of aliphatic hydroxyl groups excluding tert-OH is 4. The predicted molar refractivity (Wildman–Crippen MR) is 131 cm³/mol. The fourth-order valence-electron chi connectivity index (χ4n) is 5.51. The fraction of sp³-hybridized carbons (Fsp3) is 0.556. The largest absolute Gasteiger partial charge is 0.493 e. The first-order valence-electron chi connectivity index (χ1n) is 12.5. The quantitative estimate of drug-likeness (QED) is 0.384. The van der Waals surface area contributed by atoms with Crippen LogP contribution in [0.5, 0.6) is 23.0 Å². The van der Waals surface area contributed by atoms with E-state index < -0.39 is 37.3 Å². The maximum absolute atomic E-state index is 10.3. The summed E-state index contributed by atoms with van der Waals surface area (Å²) in [4.78, 5) is 0. The lowest BCUT2D eigenvalue weighted by Crippen LogP contribution is -2.60. The molecule has 2 aromatic carbocycles. The van der Waals surface area contributed by atoms with E-state index in [0.29, 0.717) is 30.5 Å². The highest BCUT2D eigenvalue weighted by Crippen LogP contribution is 2.51. The SMILES string of the molecule is COc1ccc(C2OC[C@@H]3[C@@H](c4ccc(O[C@@H]5O[C@H](CO)[C@@H](O)[C@H](O)[C@H]5O)c(OC)c4)OC[C@H]23)cc1OC. The van der Waals surface area contributed by atoms with Crippen molar-refractivity contribution >= 4 is 0 Å². The molecule has 4 N–H and O–H groups in total. The van der Waals surface area contributed by atoms with E-state index in [-0.39, 0.29) is 29.8 Å². The molecule has 3 aliphatic heterocycles. The monoisotopic (exact) mass is 534 g/mol. The second-order valence-corrected chi connectivity index (χ2v) is 9.68. The van der Waals surface area contributed by atoms with Crippen molar-refractivity contribution in [3.8, 4) is 23.0 Å². The molecule has 3 fully saturated rings. The maximum atomic E-state index is 10.3. The molecule has 3 saturated heterocycles. The van der Waals surface area contributed by atoms with Crippen molar-refractivity contribution in [2.24, 2.45) is 11.8 Å². The summed E-state index contributed by atoms with van der Waals surface area (Å²) in [5.74, 6) is 2.21. The normalized spacial score (nSPS) is 34.6. The molecular formula is C27H34O11. The lowest BCUT2D eigenvalue weighted by Gasteiger charge is -2.39. The molecule has 2 aromatic rings. The van der Waals surface area contributed by atoms with Crippen LogP contribution in [0.4, 0.5) is 0 Å². The highest BCUT2D eigenvalue weighted by Gasteiger charge is 2.49. The summed E-state index contributed by atoms with van der Waals surface area (Å²) in [6.45, 7) is 0.508. The molecule has 11 heteroatoms. The fourth-order valence-corrected chi connectivity index (χ4v) is 5.51. The zero-order chi connectivity index (χ0) is 27.0. The molecule has 3 heterocycles. The number of ether oxygens (including phenoxy) is 7. The van der Waals surface area contributed by atoms with Crippen LogP contribution in [0.15, 0.2) is 36.4 Å². The molecule has 5 rings (SSSR count). The molecule has 208 valence electrons. The summed E-state index contributed by atoms with van der Waals surface area (Å²) in [6.07, 6.45) is -7.29. The van der Waals surface area contributed by atoms with Crippen LogP contribution in [0.25, 0.3) is 0 Å². The molecule has 0 aliphatic carbocycles. The number of hydrogen-bond acceptors (Lipinski definition) is 11. The van der Waals surface area contributed by atoms with Gasteiger partial charge in [-0.2, -0.15) is 0 Å².